The Morgan fingerprint density at radius 3 is 2.50 bits per heavy atom. The molecule has 6 nitrogen and oxygen atoms in total. The third-order valence-corrected chi connectivity index (χ3v) is 3.39. The van der Waals surface area contributed by atoms with Gasteiger partial charge in [-0.15, -0.1) is 0 Å². The first kappa shape index (κ1) is 17.0. The molecule has 2 rings (SSSR count). The molecule has 2 aromatic carbocycles. The van der Waals surface area contributed by atoms with E-state index in [9.17, 15) is 9.59 Å². The molecule has 24 heavy (non-hydrogen) atoms. The van der Waals surface area contributed by atoms with E-state index in [1.54, 1.807) is 62.5 Å². The monoisotopic (exact) mass is 322 g/mol. The first-order chi connectivity index (χ1) is 11.5. The molecule has 122 valence electrons. The van der Waals surface area contributed by atoms with Gasteiger partial charge in [-0.05, 0) is 43.3 Å². The predicted molar refractivity (Wildman–Crippen MR) is 92.7 cm³/mol. The van der Waals surface area contributed by atoms with Gasteiger partial charge in [-0.3, -0.25) is 9.59 Å². The van der Waals surface area contributed by atoms with Crippen molar-refractivity contribution in [3.05, 3.63) is 59.7 Å². The molecule has 1 atom stereocenters. The van der Waals surface area contributed by atoms with Gasteiger partial charge in [0.05, 0.1) is 11.6 Å². The van der Waals surface area contributed by atoms with E-state index in [1.807, 2.05) is 6.07 Å². The zero-order valence-corrected chi connectivity index (χ0v) is 13.5. The molecule has 6 heteroatoms. The number of hydrogen-bond acceptors (Lipinski definition) is 4. The van der Waals surface area contributed by atoms with Crippen LogP contribution in [0.2, 0.25) is 0 Å². The number of carbonyl (C=O) groups excluding carboxylic acids is 2. The highest BCUT2D eigenvalue weighted by Gasteiger charge is 2.14. The lowest BCUT2D eigenvalue weighted by Gasteiger charge is -2.16. The van der Waals surface area contributed by atoms with Gasteiger partial charge in [0.25, 0.3) is 5.91 Å². The summed E-state index contributed by atoms with van der Waals surface area (Å²) in [6.45, 7) is 1.72. The van der Waals surface area contributed by atoms with Crippen molar-refractivity contribution >= 4 is 23.2 Å². The van der Waals surface area contributed by atoms with Crippen molar-refractivity contribution in [1.82, 2.24) is 5.32 Å². The highest BCUT2D eigenvalue weighted by molar-refractivity contribution is 5.97. The Bertz CT molecular complexity index is 796. The average molecular weight is 322 g/mol. The van der Waals surface area contributed by atoms with Crippen LogP contribution in [0.25, 0.3) is 0 Å². The molecule has 0 bridgehead atoms. The van der Waals surface area contributed by atoms with Crippen LogP contribution in [0.1, 0.15) is 22.8 Å². The van der Waals surface area contributed by atoms with Gasteiger partial charge in [-0.1, -0.05) is 12.1 Å². The molecular weight excluding hydrogens is 304 g/mol. The second-order valence-corrected chi connectivity index (χ2v) is 5.21. The van der Waals surface area contributed by atoms with Crippen LogP contribution in [-0.4, -0.2) is 24.9 Å². The maximum Gasteiger partial charge on any atom is 0.251 e. The van der Waals surface area contributed by atoms with E-state index >= 15 is 0 Å². The van der Waals surface area contributed by atoms with Crippen LogP contribution in [0.15, 0.2) is 48.5 Å². The first-order valence-electron chi connectivity index (χ1n) is 7.43. The number of benzene rings is 2. The maximum atomic E-state index is 12.3. The van der Waals surface area contributed by atoms with Crippen molar-refractivity contribution in [2.24, 2.45) is 0 Å². The van der Waals surface area contributed by atoms with Crippen molar-refractivity contribution in [2.75, 3.05) is 17.7 Å². The van der Waals surface area contributed by atoms with E-state index in [0.717, 1.165) is 0 Å². The van der Waals surface area contributed by atoms with Crippen LogP contribution in [0, 0.1) is 11.3 Å². The quantitative estimate of drug-likeness (QED) is 0.787. The topological polar surface area (TPSA) is 94.0 Å². The van der Waals surface area contributed by atoms with E-state index in [0.29, 0.717) is 22.5 Å². The lowest BCUT2D eigenvalue weighted by atomic mass is 10.1. The summed E-state index contributed by atoms with van der Waals surface area (Å²) in [5.41, 5.74) is 2.22. The number of hydrogen-bond donors (Lipinski definition) is 3. The lowest BCUT2D eigenvalue weighted by molar-refractivity contribution is -0.116. The highest BCUT2D eigenvalue weighted by Crippen LogP contribution is 2.14. The molecule has 0 aliphatic carbocycles. The number of anilines is 2. The molecule has 2 aromatic rings. The molecule has 0 fully saturated rings. The van der Waals surface area contributed by atoms with Gasteiger partial charge in [0, 0.05) is 24.0 Å². The second kappa shape index (κ2) is 7.79. The minimum Gasteiger partial charge on any atom is -0.374 e. The minimum atomic E-state index is -0.518. The first-order valence-corrected chi connectivity index (χ1v) is 7.43. The van der Waals surface area contributed by atoms with E-state index in [-0.39, 0.29) is 11.8 Å². The van der Waals surface area contributed by atoms with Crippen molar-refractivity contribution in [1.29, 1.82) is 5.26 Å². The van der Waals surface area contributed by atoms with E-state index in [1.165, 1.54) is 0 Å². The number of nitrogens with one attached hydrogen (secondary N) is 3. The van der Waals surface area contributed by atoms with Crippen LogP contribution >= 0.6 is 0 Å². The number of amides is 2. The van der Waals surface area contributed by atoms with E-state index < -0.39 is 6.04 Å². The van der Waals surface area contributed by atoms with E-state index in [2.05, 4.69) is 16.0 Å². The van der Waals surface area contributed by atoms with Crippen molar-refractivity contribution in [2.45, 2.75) is 13.0 Å². The summed E-state index contributed by atoms with van der Waals surface area (Å²) in [5.74, 6) is -0.431. The summed E-state index contributed by atoms with van der Waals surface area (Å²) in [6, 6.07) is 15.1. The van der Waals surface area contributed by atoms with Gasteiger partial charge < -0.3 is 16.0 Å². The molecule has 3 N–H and O–H groups in total. The summed E-state index contributed by atoms with van der Waals surface area (Å²) < 4.78 is 0. The second-order valence-electron chi connectivity index (χ2n) is 5.21. The Hall–Kier alpha value is -3.33. The van der Waals surface area contributed by atoms with Gasteiger partial charge in [-0.2, -0.15) is 5.26 Å². The molecule has 0 saturated carbocycles. The molecule has 0 aliphatic heterocycles. The summed E-state index contributed by atoms with van der Waals surface area (Å²) in [4.78, 5) is 23.9. The lowest BCUT2D eigenvalue weighted by Crippen LogP contribution is -2.32. The molecular formula is C18H18N4O2. The van der Waals surface area contributed by atoms with Crippen LogP contribution in [-0.2, 0) is 4.79 Å². The molecule has 0 heterocycles. The largest absolute Gasteiger partial charge is 0.374 e. The predicted octanol–water partition coefficient (Wildman–Crippen LogP) is 2.36. The zero-order chi connectivity index (χ0) is 17.5. The summed E-state index contributed by atoms with van der Waals surface area (Å²) >= 11 is 0. The zero-order valence-electron chi connectivity index (χ0n) is 13.5. The average Bonchev–Trinajstić information content (AvgIpc) is 2.61. The third-order valence-electron chi connectivity index (χ3n) is 3.39. The van der Waals surface area contributed by atoms with Crippen LogP contribution < -0.4 is 16.0 Å². The molecule has 0 aliphatic rings. The Kier molecular flexibility index (Phi) is 5.53. The number of carbonyl (C=O) groups is 2. The van der Waals surface area contributed by atoms with Gasteiger partial charge in [-0.25, -0.2) is 0 Å². The van der Waals surface area contributed by atoms with Crippen LogP contribution in [0.4, 0.5) is 11.4 Å². The third kappa shape index (κ3) is 4.34. The molecule has 2 amide bonds. The Labute approximate surface area is 140 Å². The van der Waals surface area contributed by atoms with E-state index in [4.69, 9.17) is 5.26 Å². The fourth-order valence-electron chi connectivity index (χ4n) is 2.13. The molecule has 0 aromatic heterocycles. The fourth-order valence-corrected chi connectivity index (χ4v) is 2.13. The van der Waals surface area contributed by atoms with Gasteiger partial charge in [0.1, 0.15) is 6.04 Å². The van der Waals surface area contributed by atoms with Gasteiger partial charge >= 0.3 is 0 Å². The highest BCUT2D eigenvalue weighted by atomic mass is 16.2. The Balaban J connectivity index is 2.03. The summed E-state index contributed by atoms with van der Waals surface area (Å²) in [6.07, 6.45) is 0. The van der Waals surface area contributed by atoms with Gasteiger partial charge in [0.15, 0.2) is 0 Å². The summed E-state index contributed by atoms with van der Waals surface area (Å²) in [7, 11) is 1.56. The number of rotatable bonds is 5. The normalized spacial score (nSPS) is 11.0. The SMILES string of the molecule is CNC(=O)c1cccc(N[C@H](C)C(=O)Nc2cccc(C#N)c2)c1. The van der Waals surface area contributed by atoms with Crippen molar-refractivity contribution in [3.63, 3.8) is 0 Å². The molecule has 0 radical (unpaired) electrons. The molecule has 0 unspecified atom stereocenters. The number of nitrogens with zero attached hydrogens (tertiary/aromatic N) is 1. The standard InChI is InChI=1S/C18H18N4O2/c1-12(17(23)22-15-7-3-5-13(9-15)11-19)21-16-8-4-6-14(10-16)18(24)20-2/h3-10,12,21H,1-2H3,(H,20,24)(H,22,23)/t12-/m1/s1. The Morgan fingerprint density at radius 2 is 1.79 bits per heavy atom. The molecule has 0 spiro atoms. The number of nitriles is 1. The summed E-state index contributed by atoms with van der Waals surface area (Å²) in [5, 5.41) is 17.2. The minimum absolute atomic E-state index is 0.191. The smallest absolute Gasteiger partial charge is 0.251 e. The van der Waals surface area contributed by atoms with Crippen molar-refractivity contribution < 1.29 is 9.59 Å². The van der Waals surface area contributed by atoms with Crippen LogP contribution in [0.5, 0.6) is 0 Å². The van der Waals surface area contributed by atoms with Crippen LogP contribution in [0.3, 0.4) is 0 Å². The fraction of sp³-hybridized carbons (Fsp3) is 0.167. The maximum absolute atomic E-state index is 12.3. The van der Waals surface area contributed by atoms with Gasteiger partial charge in [0.2, 0.25) is 5.91 Å². The molecule has 0 saturated heterocycles. The Morgan fingerprint density at radius 1 is 1.08 bits per heavy atom. The van der Waals surface area contributed by atoms with Crippen molar-refractivity contribution in [3.8, 4) is 6.07 Å².